The van der Waals surface area contributed by atoms with Gasteiger partial charge >= 0.3 is 0 Å². The van der Waals surface area contributed by atoms with Crippen LogP contribution in [0.5, 0.6) is 0 Å². The molecule has 2 heterocycles. The number of piperidine rings is 1. The molecule has 7 heteroatoms. The maximum atomic E-state index is 12.3. The van der Waals surface area contributed by atoms with Gasteiger partial charge in [0.05, 0.1) is 5.02 Å². The van der Waals surface area contributed by atoms with E-state index in [1.54, 1.807) is 6.07 Å². The van der Waals surface area contributed by atoms with E-state index < -0.39 is 0 Å². The molecule has 3 rings (SSSR count). The number of hydrogen-bond donors (Lipinski definition) is 0. The minimum atomic E-state index is 0.0367. The van der Waals surface area contributed by atoms with Crippen LogP contribution < -0.4 is 0 Å². The maximum Gasteiger partial charge on any atom is 0.246 e. The van der Waals surface area contributed by atoms with Crippen molar-refractivity contribution in [2.75, 3.05) is 13.1 Å². The second-order valence-electron chi connectivity index (χ2n) is 5.71. The highest BCUT2D eigenvalue weighted by Crippen LogP contribution is 2.23. The highest BCUT2D eigenvalue weighted by atomic mass is 35.5. The number of carbonyl (C=O) groups is 1. The first-order valence-corrected chi connectivity index (χ1v) is 7.82. The van der Waals surface area contributed by atoms with Crippen molar-refractivity contribution in [1.29, 1.82) is 0 Å². The van der Waals surface area contributed by atoms with Crippen LogP contribution in [-0.4, -0.2) is 44.1 Å². The third-order valence-electron chi connectivity index (χ3n) is 3.85. The molecule has 1 aromatic heterocycles. The molecule has 1 aliphatic heterocycles. The van der Waals surface area contributed by atoms with Crippen molar-refractivity contribution in [1.82, 2.24) is 25.1 Å². The van der Waals surface area contributed by atoms with Gasteiger partial charge in [0, 0.05) is 18.7 Å². The van der Waals surface area contributed by atoms with Crippen LogP contribution >= 0.6 is 11.6 Å². The van der Waals surface area contributed by atoms with Crippen LogP contribution in [0.4, 0.5) is 0 Å². The Morgan fingerprint density at radius 3 is 3.00 bits per heavy atom. The Balaban J connectivity index is 1.69. The molecule has 116 valence electrons. The Kier molecular flexibility index (Phi) is 4.38. The summed E-state index contributed by atoms with van der Waals surface area (Å²) in [6.07, 6.45) is 2.24. The first kappa shape index (κ1) is 15.0. The summed E-state index contributed by atoms with van der Waals surface area (Å²) in [6.45, 7) is 3.91. The fourth-order valence-corrected chi connectivity index (χ4v) is 2.92. The fourth-order valence-electron chi connectivity index (χ4n) is 2.70. The number of likely N-dealkylation sites (tertiary alicyclic amines) is 1. The highest BCUT2D eigenvalue weighted by molar-refractivity contribution is 6.33. The largest absolute Gasteiger partial charge is 0.341 e. The molecule has 0 N–H and O–H groups in total. The molecule has 0 spiro atoms. The van der Waals surface area contributed by atoms with Crippen molar-refractivity contribution in [3.63, 3.8) is 0 Å². The van der Waals surface area contributed by atoms with E-state index in [4.69, 9.17) is 11.6 Å². The molecule has 0 saturated carbocycles. The molecule has 1 fully saturated rings. The molecular weight excluding hydrogens is 302 g/mol. The van der Waals surface area contributed by atoms with Crippen LogP contribution in [0.3, 0.4) is 0 Å². The van der Waals surface area contributed by atoms with Crippen LogP contribution in [0.25, 0.3) is 11.4 Å². The molecule has 1 amide bonds. The van der Waals surface area contributed by atoms with Crippen LogP contribution in [0.2, 0.25) is 5.02 Å². The molecule has 1 atom stereocenters. The van der Waals surface area contributed by atoms with Gasteiger partial charge in [-0.2, -0.15) is 4.80 Å². The summed E-state index contributed by atoms with van der Waals surface area (Å²) in [4.78, 5) is 15.5. The van der Waals surface area contributed by atoms with Crippen LogP contribution in [0.15, 0.2) is 24.3 Å². The average Bonchev–Trinajstić information content (AvgIpc) is 2.96. The van der Waals surface area contributed by atoms with Gasteiger partial charge in [0.1, 0.15) is 6.54 Å². The molecule has 22 heavy (non-hydrogen) atoms. The van der Waals surface area contributed by atoms with E-state index in [0.717, 1.165) is 25.1 Å². The smallest absolute Gasteiger partial charge is 0.246 e. The second-order valence-corrected chi connectivity index (χ2v) is 6.12. The summed E-state index contributed by atoms with van der Waals surface area (Å²) in [5.41, 5.74) is 0.717. The lowest BCUT2D eigenvalue weighted by molar-refractivity contribution is -0.134. The number of tetrazole rings is 1. The third-order valence-corrected chi connectivity index (χ3v) is 4.18. The third kappa shape index (κ3) is 3.27. The van der Waals surface area contributed by atoms with Gasteiger partial charge in [-0.3, -0.25) is 4.79 Å². The molecule has 6 nitrogen and oxygen atoms in total. The Hall–Kier alpha value is -1.95. The molecular formula is C15H18ClN5O. The van der Waals surface area contributed by atoms with Gasteiger partial charge in [-0.25, -0.2) is 0 Å². The zero-order chi connectivity index (χ0) is 15.5. The second kappa shape index (κ2) is 6.44. The van der Waals surface area contributed by atoms with E-state index in [9.17, 15) is 4.79 Å². The van der Waals surface area contributed by atoms with Crippen molar-refractivity contribution in [3.05, 3.63) is 29.3 Å². The predicted molar refractivity (Wildman–Crippen MR) is 83.2 cm³/mol. The number of nitrogens with zero attached hydrogens (tertiary/aromatic N) is 5. The number of rotatable bonds is 3. The summed E-state index contributed by atoms with van der Waals surface area (Å²) in [7, 11) is 0. The zero-order valence-corrected chi connectivity index (χ0v) is 13.2. The van der Waals surface area contributed by atoms with Crippen molar-refractivity contribution >= 4 is 17.5 Å². The van der Waals surface area contributed by atoms with Gasteiger partial charge in [-0.05, 0) is 36.1 Å². The average molecular weight is 320 g/mol. The maximum absolute atomic E-state index is 12.3. The molecule has 0 unspecified atom stereocenters. The van der Waals surface area contributed by atoms with Crippen LogP contribution in [-0.2, 0) is 11.3 Å². The first-order chi connectivity index (χ1) is 10.6. The minimum Gasteiger partial charge on any atom is -0.341 e. The van der Waals surface area contributed by atoms with Crippen molar-refractivity contribution in [2.45, 2.75) is 26.3 Å². The van der Waals surface area contributed by atoms with Crippen LogP contribution in [0.1, 0.15) is 19.8 Å². The number of aromatic nitrogens is 4. The number of benzene rings is 1. The lowest BCUT2D eigenvalue weighted by Gasteiger charge is -2.30. The van der Waals surface area contributed by atoms with Gasteiger partial charge in [-0.15, -0.1) is 10.2 Å². The minimum absolute atomic E-state index is 0.0367. The molecule has 0 radical (unpaired) electrons. The molecule has 1 aliphatic rings. The lowest BCUT2D eigenvalue weighted by atomic mass is 10.0. The molecule has 0 aliphatic carbocycles. The van der Waals surface area contributed by atoms with E-state index in [2.05, 4.69) is 22.3 Å². The monoisotopic (exact) mass is 319 g/mol. The number of hydrogen-bond acceptors (Lipinski definition) is 4. The van der Waals surface area contributed by atoms with Crippen LogP contribution in [0, 0.1) is 5.92 Å². The van der Waals surface area contributed by atoms with Gasteiger partial charge < -0.3 is 4.90 Å². The van der Waals surface area contributed by atoms with Crippen molar-refractivity contribution in [3.8, 4) is 11.4 Å². The number of amides is 1. The summed E-state index contributed by atoms with van der Waals surface area (Å²) in [6, 6.07) is 7.31. The summed E-state index contributed by atoms with van der Waals surface area (Å²) >= 11 is 6.12. The predicted octanol–water partition coefficient (Wildman–Crippen LogP) is 2.25. The van der Waals surface area contributed by atoms with Crippen molar-refractivity contribution in [2.24, 2.45) is 5.92 Å². The van der Waals surface area contributed by atoms with E-state index in [1.165, 1.54) is 11.2 Å². The highest BCUT2D eigenvalue weighted by Gasteiger charge is 2.22. The quantitative estimate of drug-likeness (QED) is 0.870. The van der Waals surface area contributed by atoms with Gasteiger partial charge in [0.25, 0.3) is 0 Å². The topological polar surface area (TPSA) is 63.9 Å². The SMILES string of the molecule is C[C@H]1CCCN(C(=O)Cn2nnc(-c3ccccc3Cl)n2)C1. The zero-order valence-electron chi connectivity index (χ0n) is 12.4. The first-order valence-electron chi connectivity index (χ1n) is 7.44. The Bertz CT molecular complexity index is 671. The normalized spacial score (nSPS) is 18.5. The Morgan fingerprint density at radius 1 is 1.41 bits per heavy atom. The van der Waals surface area contributed by atoms with E-state index in [-0.39, 0.29) is 12.5 Å². The summed E-state index contributed by atoms with van der Waals surface area (Å²) in [5.74, 6) is 1.03. The molecule has 2 aromatic rings. The fraction of sp³-hybridized carbons (Fsp3) is 0.467. The standard InChI is InChI=1S/C15H18ClN5O/c1-11-5-4-8-20(9-11)14(22)10-21-18-15(17-19-21)12-6-2-3-7-13(12)16/h2-3,6-7,11H,4-5,8-10H2,1H3/t11-/m0/s1. The summed E-state index contributed by atoms with van der Waals surface area (Å²) in [5, 5.41) is 12.8. The molecule has 1 aromatic carbocycles. The Labute approximate surface area is 134 Å². The van der Waals surface area contributed by atoms with E-state index in [1.807, 2.05) is 23.1 Å². The lowest BCUT2D eigenvalue weighted by Crippen LogP contribution is -2.41. The molecule has 0 bridgehead atoms. The van der Waals surface area contributed by atoms with Gasteiger partial charge in [-0.1, -0.05) is 30.7 Å². The molecule has 1 saturated heterocycles. The van der Waals surface area contributed by atoms with E-state index in [0.29, 0.717) is 16.8 Å². The number of carbonyl (C=O) groups excluding carboxylic acids is 1. The summed E-state index contributed by atoms with van der Waals surface area (Å²) < 4.78 is 0. The van der Waals surface area contributed by atoms with Gasteiger partial charge in [0.2, 0.25) is 11.7 Å². The van der Waals surface area contributed by atoms with Gasteiger partial charge in [0.15, 0.2) is 0 Å². The van der Waals surface area contributed by atoms with E-state index >= 15 is 0 Å². The Morgan fingerprint density at radius 2 is 2.23 bits per heavy atom. The number of halogens is 1. The van der Waals surface area contributed by atoms with Crippen molar-refractivity contribution < 1.29 is 4.79 Å².